The van der Waals surface area contributed by atoms with Gasteiger partial charge in [0.2, 0.25) is 0 Å². The molecule has 1 N–H and O–H groups in total. The fourth-order valence-electron chi connectivity index (χ4n) is 2.99. The molecule has 0 aliphatic heterocycles. The van der Waals surface area contributed by atoms with Gasteiger partial charge in [-0.05, 0) is 42.0 Å². The van der Waals surface area contributed by atoms with Crippen LogP contribution in [-0.2, 0) is 16.1 Å². The van der Waals surface area contributed by atoms with E-state index in [0.717, 1.165) is 5.56 Å². The van der Waals surface area contributed by atoms with E-state index in [1.54, 1.807) is 72.8 Å². The fraction of sp³-hybridized carbons (Fsp3) is 0.115. The summed E-state index contributed by atoms with van der Waals surface area (Å²) < 4.78 is 15.8. The van der Waals surface area contributed by atoms with Gasteiger partial charge in [-0.15, -0.1) is 0 Å². The molecule has 3 rings (SSSR count). The molecule has 3 aromatic rings. The zero-order chi connectivity index (χ0) is 23.6. The SMILES string of the molecule is COC(=O)c1ccc(COc2ccccc2/C=C(\C#N)C(=O)Nc2ccccc2OC)cc1. The maximum absolute atomic E-state index is 12.7. The van der Waals surface area contributed by atoms with E-state index in [4.69, 9.17) is 14.2 Å². The largest absolute Gasteiger partial charge is 0.495 e. The number of para-hydroxylation sites is 3. The van der Waals surface area contributed by atoms with Gasteiger partial charge in [-0.1, -0.05) is 42.5 Å². The molecule has 0 aromatic heterocycles. The number of nitriles is 1. The first-order valence-corrected chi connectivity index (χ1v) is 10.0. The van der Waals surface area contributed by atoms with Gasteiger partial charge in [-0.3, -0.25) is 4.79 Å². The Labute approximate surface area is 191 Å². The molecule has 0 heterocycles. The quantitative estimate of drug-likeness (QED) is 0.311. The van der Waals surface area contributed by atoms with Crippen molar-refractivity contribution in [3.63, 3.8) is 0 Å². The lowest BCUT2D eigenvalue weighted by molar-refractivity contribution is -0.112. The molecule has 166 valence electrons. The molecule has 0 fully saturated rings. The summed E-state index contributed by atoms with van der Waals surface area (Å²) in [6.45, 7) is 0.238. The molecule has 0 saturated heterocycles. The highest BCUT2D eigenvalue weighted by molar-refractivity contribution is 6.10. The lowest BCUT2D eigenvalue weighted by Crippen LogP contribution is -2.14. The Balaban J connectivity index is 1.76. The molecule has 0 saturated carbocycles. The number of nitrogens with zero attached hydrogens (tertiary/aromatic N) is 1. The van der Waals surface area contributed by atoms with Crippen molar-refractivity contribution in [2.45, 2.75) is 6.61 Å². The van der Waals surface area contributed by atoms with E-state index >= 15 is 0 Å². The van der Waals surface area contributed by atoms with E-state index in [-0.39, 0.29) is 12.2 Å². The summed E-state index contributed by atoms with van der Waals surface area (Å²) in [4.78, 5) is 24.2. The van der Waals surface area contributed by atoms with Crippen molar-refractivity contribution in [3.05, 3.63) is 95.1 Å². The molecule has 7 heteroatoms. The molecule has 0 spiro atoms. The number of hydrogen-bond acceptors (Lipinski definition) is 6. The minimum absolute atomic E-state index is 0.0839. The number of esters is 1. The zero-order valence-electron chi connectivity index (χ0n) is 18.2. The van der Waals surface area contributed by atoms with Gasteiger partial charge in [-0.25, -0.2) is 4.79 Å². The molecule has 3 aromatic carbocycles. The molecule has 0 bridgehead atoms. The van der Waals surface area contributed by atoms with E-state index < -0.39 is 11.9 Å². The molecule has 0 aliphatic rings. The minimum Gasteiger partial charge on any atom is -0.495 e. The van der Waals surface area contributed by atoms with Crippen LogP contribution in [0.4, 0.5) is 5.69 Å². The van der Waals surface area contributed by atoms with Crippen molar-refractivity contribution in [2.75, 3.05) is 19.5 Å². The van der Waals surface area contributed by atoms with Crippen LogP contribution < -0.4 is 14.8 Å². The van der Waals surface area contributed by atoms with Gasteiger partial charge in [0.15, 0.2) is 0 Å². The summed E-state index contributed by atoms with van der Waals surface area (Å²) in [5, 5.41) is 12.3. The molecule has 0 aliphatic carbocycles. The smallest absolute Gasteiger partial charge is 0.337 e. The first-order chi connectivity index (χ1) is 16.0. The number of ether oxygens (including phenoxy) is 3. The van der Waals surface area contributed by atoms with E-state index in [2.05, 4.69) is 5.32 Å². The van der Waals surface area contributed by atoms with Gasteiger partial charge >= 0.3 is 5.97 Å². The highest BCUT2D eigenvalue weighted by Gasteiger charge is 2.13. The van der Waals surface area contributed by atoms with Crippen LogP contribution in [0.5, 0.6) is 11.5 Å². The normalized spacial score (nSPS) is 10.6. The summed E-state index contributed by atoms with van der Waals surface area (Å²) in [5.41, 5.74) is 2.25. The van der Waals surface area contributed by atoms with Crippen LogP contribution in [0.2, 0.25) is 0 Å². The number of rotatable bonds is 8. The van der Waals surface area contributed by atoms with Crippen LogP contribution in [0.3, 0.4) is 0 Å². The molecule has 7 nitrogen and oxygen atoms in total. The molecule has 0 radical (unpaired) electrons. The predicted octanol–water partition coefficient (Wildman–Crippen LogP) is 4.61. The Bertz CT molecular complexity index is 1210. The highest BCUT2D eigenvalue weighted by Crippen LogP contribution is 2.25. The second-order valence-electron chi connectivity index (χ2n) is 6.84. The van der Waals surface area contributed by atoms with Crippen molar-refractivity contribution in [1.29, 1.82) is 5.26 Å². The number of nitrogens with one attached hydrogen (secondary N) is 1. The van der Waals surface area contributed by atoms with Crippen molar-refractivity contribution >= 4 is 23.6 Å². The number of carbonyl (C=O) groups excluding carboxylic acids is 2. The van der Waals surface area contributed by atoms with Gasteiger partial charge in [0.05, 0.1) is 25.5 Å². The van der Waals surface area contributed by atoms with Gasteiger partial charge in [0.25, 0.3) is 5.91 Å². The second kappa shape index (κ2) is 11.2. The van der Waals surface area contributed by atoms with Gasteiger partial charge in [0, 0.05) is 5.56 Å². The molecular weight excluding hydrogens is 420 g/mol. The number of carbonyl (C=O) groups is 2. The van der Waals surface area contributed by atoms with E-state index in [9.17, 15) is 14.9 Å². The Morgan fingerprint density at radius 3 is 2.27 bits per heavy atom. The summed E-state index contributed by atoms with van der Waals surface area (Å²) in [7, 11) is 2.83. The standard InChI is InChI=1S/C26H22N2O5/c1-31-24-10-6-4-8-22(24)28-25(29)21(16-27)15-20-7-3-5-9-23(20)33-17-18-11-13-19(14-12-18)26(30)32-2/h3-15H,17H2,1-2H3,(H,28,29)/b21-15+. The van der Waals surface area contributed by atoms with Crippen molar-refractivity contribution in [1.82, 2.24) is 0 Å². The van der Waals surface area contributed by atoms with E-state index in [1.807, 2.05) is 6.07 Å². The van der Waals surface area contributed by atoms with Crippen LogP contribution in [0, 0.1) is 11.3 Å². The maximum Gasteiger partial charge on any atom is 0.337 e. The second-order valence-corrected chi connectivity index (χ2v) is 6.84. The van der Waals surface area contributed by atoms with Gasteiger partial charge in [-0.2, -0.15) is 5.26 Å². The highest BCUT2D eigenvalue weighted by atomic mass is 16.5. The van der Waals surface area contributed by atoms with Gasteiger partial charge in [0.1, 0.15) is 29.7 Å². The third-order valence-corrected chi connectivity index (χ3v) is 4.71. The van der Waals surface area contributed by atoms with E-state index in [0.29, 0.717) is 28.3 Å². The van der Waals surface area contributed by atoms with Crippen LogP contribution in [-0.4, -0.2) is 26.1 Å². The average Bonchev–Trinajstić information content (AvgIpc) is 2.86. The number of anilines is 1. The van der Waals surface area contributed by atoms with Crippen LogP contribution >= 0.6 is 0 Å². The number of benzene rings is 3. The molecule has 0 unspecified atom stereocenters. The van der Waals surface area contributed by atoms with Crippen molar-refractivity contribution < 1.29 is 23.8 Å². The fourth-order valence-corrected chi connectivity index (χ4v) is 2.99. The molecule has 0 atom stereocenters. The molecular formula is C26H22N2O5. The van der Waals surface area contributed by atoms with Crippen LogP contribution in [0.25, 0.3) is 6.08 Å². The maximum atomic E-state index is 12.7. The van der Waals surface area contributed by atoms with Crippen molar-refractivity contribution in [3.8, 4) is 17.6 Å². The molecule has 1 amide bonds. The third kappa shape index (κ3) is 5.99. The Hall–Kier alpha value is -4.57. The predicted molar refractivity (Wildman–Crippen MR) is 124 cm³/mol. The Morgan fingerprint density at radius 2 is 1.61 bits per heavy atom. The summed E-state index contributed by atoms with van der Waals surface area (Å²) in [5.74, 6) is 0.0288. The lowest BCUT2D eigenvalue weighted by Gasteiger charge is -2.11. The summed E-state index contributed by atoms with van der Waals surface area (Å²) >= 11 is 0. The first-order valence-electron chi connectivity index (χ1n) is 10.0. The summed E-state index contributed by atoms with van der Waals surface area (Å²) in [6, 6.07) is 22.8. The monoisotopic (exact) mass is 442 g/mol. The topological polar surface area (TPSA) is 97.7 Å². The average molecular weight is 442 g/mol. The number of amides is 1. The van der Waals surface area contributed by atoms with Gasteiger partial charge < -0.3 is 19.5 Å². The van der Waals surface area contributed by atoms with Crippen LogP contribution in [0.1, 0.15) is 21.5 Å². The number of hydrogen-bond donors (Lipinski definition) is 1. The molecule has 33 heavy (non-hydrogen) atoms. The number of methoxy groups -OCH3 is 2. The third-order valence-electron chi connectivity index (χ3n) is 4.71. The lowest BCUT2D eigenvalue weighted by atomic mass is 10.1. The van der Waals surface area contributed by atoms with Crippen LogP contribution in [0.15, 0.2) is 78.4 Å². The first kappa shape index (κ1) is 23.1. The van der Waals surface area contributed by atoms with Crippen molar-refractivity contribution in [2.24, 2.45) is 0 Å². The Morgan fingerprint density at radius 1 is 0.939 bits per heavy atom. The Kier molecular flexibility index (Phi) is 7.81. The van der Waals surface area contributed by atoms with E-state index in [1.165, 1.54) is 20.3 Å². The summed E-state index contributed by atoms with van der Waals surface area (Å²) in [6.07, 6.45) is 1.47. The minimum atomic E-state index is -0.560. The zero-order valence-corrected chi connectivity index (χ0v) is 18.2.